The largest absolute Gasteiger partial charge is 0.269 e. The third kappa shape index (κ3) is 3.45. The molecule has 1 N–H and O–H groups in total. The Balaban J connectivity index is 1.82. The fourth-order valence-electron chi connectivity index (χ4n) is 2.60. The van der Waals surface area contributed by atoms with Gasteiger partial charge in [0.1, 0.15) is 11.2 Å². The number of H-pyrrole nitrogens is 1. The van der Waals surface area contributed by atoms with Gasteiger partial charge >= 0.3 is 0 Å². The number of benzene rings is 2. The minimum Gasteiger partial charge on any atom is -0.268 e. The van der Waals surface area contributed by atoms with Gasteiger partial charge in [-0.1, -0.05) is 41.0 Å². The Morgan fingerprint density at radius 2 is 1.93 bits per heavy atom. The van der Waals surface area contributed by atoms with E-state index < -0.39 is 5.82 Å². The van der Waals surface area contributed by atoms with Gasteiger partial charge in [-0.05, 0) is 36.4 Å². The van der Waals surface area contributed by atoms with E-state index in [0.29, 0.717) is 37.5 Å². The summed E-state index contributed by atoms with van der Waals surface area (Å²) in [4.78, 5) is 17.4. The second-order valence-electron chi connectivity index (χ2n) is 5.63. The van der Waals surface area contributed by atoms with E-state index in [2.05, 4.69) is 15.2 Å². The summed E-state index contributed by atoms with van der Waals surface area (Å²) in [6.45, 7) is 0. The van der Waals surface area contributed by atoms with Gasteiger partial charge in [0.05, 0.1) is 11.9 Å². The maximum atomic E-state index is 14.1. The highest BCUT2D eigenvalue weighted by Gasteiger charge is 2.16. The molecule has 4 aromatic rings. The standard InChI is InChI=1S/C18H11Cl2FN4OS/c19-10-4-6-11(7-5-10)25-17(26)12-8-22-24-16(12)23-18(25)27-9-13-14(20)2-1-3-15(13)21/h1-8H,9H2,(H,22,24). The Morgan fingerprint density at radius 1 is 1.15 bits per heavy atom. The number of nitrogens with one attached hydrogen (secondary N) is 1. The Labute approximate surface area is 167 Å². The summed E-state index contributed by atoms with van der Waals surface area (Å²) in [6.07, 6.45) is 1.43. The zero-order valence-electron chi connectivity index (χ0n) is 13.6. The first-order chi connectivity index (χ1) is 13.0. The predicted molar refractivity (Wildman–Crippen MR) is 105 cm³/mol. The highest BCUT2D eigenvalue weighted by Crippen LogP contribution is 2.29. The number of nitrogens with zero attached hydrogens (tertiary/aromatic N) is 3. The molecule has 2 heterocycles. The molecule has 0 saturated heterocycles. The van der Waals surface area contributed by atoms with Crippen LogP contribution in [0.2, 0.25) is 10.0 Å². The molecule has 9 heteroatoms. The normalized spacial score (nSPS) is 11.2. The number of hydrogen-bond donors (Lipinski definition) is 1. The molecular weight excluding hydrogens is 410 g/mol. The maximum absolute atomic E-state index is 14.1. The molecule has 27 heavy (non-hydrogen) atoms. The van der Waals surface area contributed by atoms with E-state index in [-0.39, 0.29) is 11.3 Å². The van der Waals surface area contributed by atoms with Gasteiger partial charge in [-0.2, -0.15) is 5.10 Å². The monoisotopic (exact) mass is 420 g/mol. The Hall–Kier alpha value is -2.35. The molecule has 0 bridgehead atoms. The average molecular weight is 421 g/mol. The van der Waals surface area contributed by atoms with Gasteiger partial charge < -0.3 is 0 Å². The van der Waals surface area contributed by atoms with Gasteiger partial charge in [-0.3, -0.25) is 14.5 Å². The number of thioether (sulfide) groups is 1. The lowest BCUT2D eigenvalue weighted by Crippen LogP contribution is -2.21. The van der Waals surface area contributed by atoms with Crippen molar-refractivity contribution in [1.82, 2.24) is 19.7 Å². The van der Waals surface area contributed by atoms with Gasteiger partial charge in [-0.15, -0.1) is 0 Å². The summed E-state index contributed by atoms with van der Waals surface area (Å²) in [5.41, 5.74) is 1.04. The van der Waals surface area contributed by atoms with Gasteiger partial charge in [-0.25, -0.2) is 9.37 Å². The van der Waals surface area contributed by atoms with Crippen LogP contribution in [0.3, 0.4) is 0 Å². The number of aromatic amines is 1. The Kier molecular flexibility index (Phi) is 4.90. The van der Waals surface area contributed by atoms with Crippen molar-refractivity contribution in [2.24, 2.45) is 0 Å². The van der Waals surface area contributed by atoms with Crippen molar-refractivity contribution in [1.29, 1.82) is 0 Å². The lowest BCUT2D eigenvalue weighted by atomic mass is 10.2. The SMILES string of the molecule is O=c1c2cn[nH]c2nc(SCc2c(F)cccc2Cl)n1-c1ccc(Cl)cc1. The molecule has 0 aliphatic carbocycles. The summed E-state index contributed by atoms with van der Waals surface area (Å²) in [5, 5.41) is 8.21. The lowest BCUT2D eigenvalue weighted by molar-refractivity contribution is 0.617. The van der Waals surface area contributed by atoms with E-state index in [1.165, 1.54) is 28.6 Å². The van der Waals surface area contributed by atoms with Crippen LogP contribution in [0, 0.1) is 5.82 Å². The number of fused-ring (bicyclic) bond motifs is 1. The molecule has 2 aromatic heterocycles. The van der Waals surface area contributed by atoms with Gasteiger partial charge in [0, 0.05) is 21.4 Å². The fraction of sp³-hybridized carbons (Fsp3) is 0.0556. The average Bonchev–Trinajstić information content (AvgIpc) is 3.11. The molecule has 4 rings (SSSR count). The summed E-state index contributed by atoms with van der Waals surface area (Å²) in [5.74, 6) is -0.191. The van der Waals surface area contributed by atoms with Crippen LogP contribution in [0.15, 0.2) is 58.6 Å². The Bertz CT molecular complexity index is 1170. The predicted octanol–water partition coefficient (Wildman–Crippen LogP) is 4.85. The first-order valence-corrected chi connectivity index (χ1v) is 9.56. The molecule has 5 nitrogen and oxygen atoms in total. The van der Waals surface area contributed by atoms with Crippen molar-refractivity contribution >= 4 is 46.0 Å². The summed E-state index contributed by atoms with van der Waals surface area (Å²) >= 11 is 13.3. The molecule has 2 aromatic carbocycles. The third-order valence-corrected chi connectivity index (χ3v) is 5.51. The van der Waals surface area contributed by atoms with E-state index in [9.17, 15) is 9.18 Å². The molecule has 0 aliphatic rings. The Morgan fingerprint density at radius 3 is 2.67 bits per heavy atom. The van der Waals surface area contributed by atoms with Crippen LogP contribution in [0.4, 0.5) is 4.39 Å². The minimum absolute atomic E-state index is 0.213. The second-order valence-corrected chi connectivity index (χ2v) is 7.42. The van der Waals surface area contributed by atoms with E-state index in [1.807, 2.05) is 0 Å². The van der Waals surface area contributed by atoms with Crippen LogP contribution in [0.5, 0.6) is 0 Å². The van der Waals surface area contributed by atoms with Crippen molar-refractivity contribution in [3.63, 3.8) is 0 Å². The zero-order valence-corrected chi connectivity index (χ0v) is 15.9. The molecule has 0 unspecified atom stereocenters. The molecule has 0 fully saturated rings. The topological polar surface area (TPSA) is 63.6 Å². The van der Waals surface area contributed by atoms with Crippen LogP contribution in [0.25, 0.3) is 16.7 Å². The molecule has 0 amide bonds. The van der Waals surface area contributed by atoms with E-state index in [4.69, 9.17) is 23.2 Å². The number of hydrogen-bond acceptors (Lipinski definition) is 4. The highest BCUT2D eigenvalue weighted by molar-refractivity contribution is 7.98. The van der Waals surface area contributed by atoms with E-state index >= 15 is 0 Å². The number of halogens is 3. The summed E-state index contributed by atoms with van der Waals surface area (Å²) in [6, 6.07) is 11.3. The fourth-order valence-corrected chi connectivity index (χ4v) is 4.07. The van der Waals surface area contributed by atoms with Gasteiger partial charge in [0.25, 0.3) is 5.56 Å². The van der Waals surface area contributed by atoms with Crippen LogP contribution < -0.4 is 5.56 Å². The second kappa shape index (κ2) is 7.34. The lowest BCUT2D eigenvalue weighted by Gasteiger charge is -2.12. The van der Waals surface area contributed by atoms with Crippen molar-refractivity contribution in [3.8, 4) is 5.69 Å². The van der Waals surface area contributed by atoms with Gasteiger partial charge in [0.15, 0.2) is 10.8 Å². The quantitative estimate of drug-likeness (QED) is 0.378. The van der Waals surface area contributed by atoms with E-state index in [1.54, 1.807) is 36.4 Å². The van der Waals surface area contributed by atoms with Crippen molar-refractivity contribution in [2.45, 2.75) is 10.9 Å². The molecular formula is C18H11Cl2FN4OS. The summed E-state index contributed by atoms with van der Waals surface area (Å²) in [7, 11) is 0. The summed E-state index contributed by atoms with van der Waals surface area (Å²) < 4.78 is 15.5. The molecule has 0 aliphatic heterocycles. The van der Waals surface area contributed by atoms with Gasteiger partial charge in [0.2, 0.25) is 0 Å². The van der Waals surface area contributed by atoms with Crippen LogP contribution in [0.1, 0.15) is 5.56 Å². The van der Waals surface area contributed by atoms with Crippen LogP contribution in [-0.4, -0.2) is 19.7 Å². The molecule has 0 spiro atoms. The van der Waals surface area contributed by atoms with E-state index in [0.717, 1.165) is 0 Å². The maximum Gasteiger partial charge on any atom is 0.269 e. The zero-order chi connectivity index (χ0) is 19.0. The molecule has 0 radical (unpaired) electrons. The number of aromatic nitrogens is 4. The number of rotatable bonds is 4. The van der Waals surface area contributed by atoms with Crippen LogP contribution >= 0.6 is 35.0 Å². The van der Waals surface area contributed by atoms with Crippen molar-refractivity contribution < 1.29 is 4.39 Å². The first-order valence-electron chi connectivity index (χ1n) is 7.82. The first kappa shape index (κ1) is 18.0. The molecule has 0 atom stereocenters. The smallest absolute Gasteiger partial charge is 0.268 e. The highest BCUT2D eigenvalue weighted by atomic mass is 35.5. The third-order valence-electron chi connectivity index (χ3n) is 3.94. The van der Waals surface area contributed by atoms with Crippen LogP contribution in [-0.2, 0) is 5.75 Å². The minimum atomic E-state index is -0.405. The van der Waals surface area contributed by atoms with Crippen molar-refractivity contribution in [3.05, 3.63) is 80.4 Å². The molecule has 0 saturated carbocycles. The van der Waals surface area contributed by atoms with Crippen molar-refractivity contribution in [2.75, 3.05) is 0 Å². The molecule has 136 valence electrons.